The van der Waals surface area contributed by atoms with Gasteiger partial charge in [-0.1, -0.05) is 29.3 Å². The molecule has 138 valence electrons. The van der Waals surface area contributed by atoms with Crippen molar-refractivity contribution in [3.8, 4) is 0 Å². The van der Waals surface area contributed by atoms with Crippen LogP contribution in [0.3, 0.4) is 0 Å². The van der Waals surface area contributed by atoms with Crippen molar-refractivity contribution >= 4 is 46.2 Å². The summed E-state index contributed by atoms with van der Waals surface area (Å²) in [5.74, 6) is -0.758. The van der Waals surface area contributed by atoms with Crippen molar-refractivity contribution in [1.29, 1.82) is 0 Å². The zero-order valence-electron chi connectivity index (χ0n) is 13.9. The number of hydrogen-bond acceptors (Lipinski definition) is 4. The number of nitrogens with zero attached hydrogens (tertiary/aromatic N) is 1. The van der Waals surface area contributed by atoms with Crippen LogP contribution in [0, 0.1) is 5.82 Å². The van der Waals surface area contributed by atoms with E-state index in [4.69, 9.17) is 27.9 Å². The van der Waals surface area contributed by atoms with Gasteiger partial charge in [-0.2, -0.15) is 0 Å². The van der Waals surface area contributed by atoms with Gasteiger partial charge in [-0.05, 0) is 30.3 Å². The van der Waals surface area contributed by atoms with Crippen LogP contribution in [0.2, 0.25) is 10.0 Å². The number of carbonyl (C=O) groups is 1. The molecule has 1 saturated heterocycles. The second-order valence-electron chi connectivity index (χ2n) is 5.76. The molecule has 2 N–H and O–H groups in total. The van der Waals surface area contributed by atoms with Crippen molar-refractivity contribution in [3.05, 3.63) is 52.3 Å². The quantitative estimate of drug-likeness (QED) is 0.799. The molecule has 0 spiro atoms. The molecule has 5 nitrogen and oxygen atoms in total. The van der Waals surface area contributed by atoms with E-state index < -0.39 is 5.82 Å². The highest BCUT2D eigenvalue weighted by Gasteiger charge is 2.18. The molecule has 0 unspecified atom stereocenters. The van der Waals surface area contributed by atoms with Gasteiger partial charge in [0, 0.05) is 13.1 Å². The number of hydrogen-bond donors (Lipinski definition) is 2. The van der Waals surface area contributed by atoms with Crippen molar-refractivity contribution in [3.63, 3.8) is 0 Å². The molecule has 1 aliphatic rings. The number of para-hydroxylation sites is 1. The van der Waals surface area contributed by atoms with Crippen LogP contribution in [0.5, 0.6) is 0 Å². The van der Waals surface area contributed by atoms with Crippen LogP contribution < -0.4 is 15.5 Å². The SMILES string of the molecule is O=C(CNc1cccc(Cl)c1N1CCOCC1)Nc1ccc(F)cc1Cl. The predicted octanol–water partition coefficient (Wildman–Crippen LogP) is 4.02. The second-order valence-corrected chi connectivity index (χ2v) is 6.58. The Hall–Kier alpha value is -2.02. The molecule has 26 heavy (non-hydrogen) atoms. The van der Waals surface area contributed by atoms with Gasteiger partial charge in [-0.25, -0.2) is 4.39 Å². The molecule has 0 aromatic heterocycles. The lowest BCUT2D eigenvalue weighted by atomic mass is 10.2. The molecule has 0 bridgehead atoms. The Balaban J connectivity index is 1.67. The average molecular weight is 398 g/mol. The summed E-state index contributed by atoms with van der Waals surface area (Å²) in [5.41, 5.74) is 1.98. The Morgan fingerprint density at radius 2 is 1.88 bits per heavy atom. The van der Waals surface area contributed by atoms with E-state index in [1.165, 1.54) is 12.1 Å². The third kappa shape index (κ3) is 4.58. The number of rotatable bonds is 5. The molecule has 1 fully saturated rings. The van der Waals surface area contributed by atoms with E-state index in [1.54, 1.807) is 0 Å². The Labute approximate surface area is 161 Å². The first kappa shape index (κ1) is 18.8. The first-order valence-electron chi connectivity index (χ1n) is 8.14. The number of anilines is 3. The summed E-state index contributed by atoms with van der Waals surface area (Å²) in [4.78, 5) is 14.3. The van der Waals surface area contributed by atoms with Crippen LogP contribution in [0.15, 0.2) is 36.4 Å². The fraction of sp³-hybridized carbons (Fsp3) is 0.278. The van der Waals surface area contributed by atoms with Gasteiger partial charge in [0.2, 0.25) is 5.91 Å². The second kappa shape index (κ2) is 8.58. The number of benzene rings is 2. The van der Waals surface area contributed by atoms with Gasteiger partial charge in [-0.3, -0.25) is 4.79 Å². The Kier molecular flexibility index (Phi) is 6.19. The van der Waals surface area contributed by atoms with Crippen molar-refractivity contribution < 1.29 is 13.9 Å². The third-order valence-corrected chi connectivity index (χ3v) is 4.58. The lowest BCUT2D eigenvalue weighted by Gasteiger charge is -2.31. The van der Waals surface area contributed by atoms with Gasteiger partial charge in [0.05, 0.1) is 46.9 Å². The topological polar surface area (TPSA) is 53.6 Å². The van der Waals surface area contributed by atoms with E-state index in [0.29, 0.717) is 23.9 Å². The number of carbonyl (C=O) groups excluding carboxylic acids is 1. The summed E-state index contributed by atoms with van der Waals surface area (Å²) in [6, 6.07) is 9.32. The van der Waals surface area contributed by atoms with Crippen molar-refractivity contribution in [2.75, 3.05) is 48.4 Å². The largest absolute Gasteiger partial charge is 0.378 e. The number of ether oxygens (including phenoxy) is 1. The zero-order valence-corrected chi connectivity index (χ0v) is 15.4. The van der Waals surface area contributed by atoms with Crippen molar-refractivity contribution in [2.24, 2.45) is 0 Å². The van der Waals surface area contributed by atoms with Crippen LogP contribution >= 0.6 is 23.2 Å². The third-order valence-electron chi connectivity index (χ3n) is 3.96. The van der Waals surface area contributed by atoms with Crippen LogP contribution in [0.25, 0.3) is 0 Å². The van der Waals surface area contributed by atoms with Gasteiger partial charge in [-0.15, -0.1) is 0 Å². The molecular weight excluding hydrogens is 380 g/mol. The molecule has 2 aromatic rings. The maximum absolute atomic E-state index is 13.1. The lowest BCUT2D eigenvalue weighted by Crippen LogP contribution is -2.37. The van der Waals surface area contributed by atoms with Gasteiger partial charge in [0.25, 0.3) is 0 Å². The normalized spacial score (nSPS) is 14.2. The summed E-state index contributed by atoms with van der Waals surface area (Å²) in [6.45, 7) is 2.75. The number of amides is 1. The zero-order chi connectivity index (χ0) is 18.5. The van der Waals surface area contributed by atoms with Gasteiger partial charge < -0.3 is 20.3 Å². The van der Waals surface area contributed by atoms with Crippen LogP contribution in [-0.4, -0.2) is 38.8 Å². The van der Waals surface area contributed by atoms with Crippen LogP contribution in [0.4, 0.5) is 21.5 Å². The summed E-state index contributed by atoms with van der Waals surface area (Å²) in [5, 5.41) is 6.52. The number of halogens is 3. The highest BCUT2D eigenvalue weighted by molar-refractivity contribution is 6.34. The summed E-state index contributed by atoms with van der Waals surface area (Å²) in [6.07, 6.45) is 0. The molecule has 2 aromatic carbocycles. The molecule has 3 rings (SSSR count). The van der Waals surface area contributed by atoms with Gasteiger partial charge in [0.15, 0.2) is 0 Å². The summed E-state index contributed by atoms with van der Waals surface area (Å²) < 4.78 is 18.5. The Morgan fingerprint density at radius 1 is 1.12 bits per heavy atom. The molecule has 1 heterocycles. The number of morpholine rings is 1. The first-order valence-corrected chi connectivity index (χ1v) is 8.90. The predicted molar refractivity (Wildman–Crippen MR) is 103 cm³/mol. The van der Waals surface area contributed by atoms with E-state index in [1.807, 2.05) is 18.2 Å². The van der Waals surface area contributed by atoms with Crippen LogP contribution in [-0.2, 0) is 9.53 Å². The van der Waals surface area contributed by atoms with Crippen molar-refractivity contribution in [2.45, 2.75) is 0 Å². The van der Waals surface area contributed by atoms with Crippen molar-refractivity contribution in [1.82, 2.24) is 0 Å². The lowest BCUT2D eigenvalue weighted by molar-refractivity contribution is -0.114. The molecular formula is C18H18Cl2FN3O2. The van der Waals surface area contributed by atoms with E-state index in [-0.39, 0.29) is 17.5 Å². The summed E-state index contributed by atoms with van der Waals surface area (Å²) in [7, 11) is 0. The van der Waals surface area contributed by atoms with Crippen LogP contribution in [0.1, 0.15) is 0 Å². The molecule has 0 atom stereocenters. The smallest absolute Gasteiger partial charge is 0.243 e. The minimum atomic E-state index is -0.458. The minimum absolute atomic E-state index is 0.0192. The fourth-order valence-electron chi connectivity index (χ4n) is 2.73. The maximum Gasteiger partial charge on any atom is 0.243 e. The highest BCUT2D eigenvalue weighted by Crippen LogP contribution is 2.34. The standard InChI is InChI=1S/C18H18Cl2FN3O2/c19-13-2-1-3-16(18(13)24-6-8-26-9-7-24)22-11-17(25)23-15-5-4-12(21)10-14(15)20/h1-5,10,22H,6-9,11H2,(H,23,25). The molecule has 1 amide bonds. The molecule has 8 heteroatoms. The van der Waals surface area contributed by atoms with E-state index in [9.17, 15) is 9.18 Å². The van der Waals surface area contributed by atoms with E-state index in [0.717, 1.165) is 30.5 Å². The van der Waals surface area contributed by atoms with E-state index in [2.05, 4.69) is 15.5 Å². The molecule has 1 aliphatic heterocycles. The fourth-order valence-corrected chi connectivity index (χ4v) is 3.24. The molecule has 0 aliphatic carbocycles. The minimum Gasteiger partial charge on any atom is -0.378 e. The molecule has 0 saturated carbocycles. The Bertz CT molecular complexity index is 798. The monoisotopic (exact) mass is 397 g/mol. The highest BCUT2D eigenvalue weighted by atomic mass is 35.5. The van der Waals surface area contributed by atoms with Gasteiger partial charge >= 0.3 is 0 Å². The molecule has 0 radical (unpaired) electrons. The summed E-state index contributed by atoms with van der Waals surface area (Å²) >= 11 is 12.3. The van der Waals surface area contributed by atoms with E-state index >= 15 is 0 Å². The number of nitrogens with one attached hydrogen (secondary N) is 2. The first-order chi connectivity index (χ1) is 12.5. The average Bonchev–Trinajstić information content (AvgIpc) is 2.63. The maximum atomic E-state index is 13.1. The Morgan fingerprint density at radius 3 is 2.62 bits per heavy atom. The van der Waals surface area contributed by atoms with Gasteiger partial charge in [0.1, 0.15) is 5.82 Å².